The van der Waals surface area contributed by atoms with Crippen LogP contribution in [0.2, 0.25) is 0 Å². The van der Waals surface area contributed by atoms with Gasteiger partial charge in [-0.3, -0.25) is 19.3 Å². The predicted octanol–water partition coefficient (Wildman–Crippen LogP) is 2.24. The lowest BCUT2D eigenvalue weighted by Gasteiger charge is -2.72. The molecule has 1 aromatic carbocycles. The van der Waals surface area contributed by atoms with Crippen LogP contribution in [0.5, 0.6) is 0 Å². The number of nitrogens with two attached hydrogens (primary N) is 1. The highest BCUT2D eigenvalue weighted by Crippen LogP contribution is 2.75. The van der Waals surface area contributed by atoms with Gasteiger partial charge < -0.3 is 10.6 Å². The highest BCUT2D eigenvalue weighted by Gasteiger charge is 2.76. The van der Waals surface area contributed by atoms with Crippen molar-refractivity contribution in [3.63, 3.8) is 0 Å². The maximum Gasteiger partial charge on any atom is 0.252 e. The third kappa shape index (κ3) is 2.92. The number of hydrogen-bond donors (Lipinski definition) is 1. The van der Waals surface area contributed by atoms with Crippen molar-refractivity contribution in [3.05, 3.63) is 59.0 Å². The molecule has 166 valence electrons. The maximum absolute atomic E-state index is 14.7. The summed E-state index contributed by atoms with van der Waals surface area (Å²) >= 11 is 0. The minimum atomic E-state index is -0.784. The lowest BCUT2D eigenvalue weighted by atomic mass is 9.32. The monoisotopic (exact) mass is 436 g/mol. The maximum atomic E-state index is 14.7. The number of pyridine rings is 1. The van der Waals surface area contributed by atoms with Gasteiger partial charge in [0.15, 0.2) is 11.6 Å². The first kappa shape index (κ1) is 20.6. The van der Waals surface area contributed by atoms with Crippen molar-refractivity contribution in [3.8, 4) is 0 Å². The molecule has 1 saturated heterocycles. The Labute approximate surface area is 185 Å². The Kier molecular flexibility index (Phi) is 4.41. The van der Waals surface area contributed by atoms with Crippen molar-refractivity contribution in [1.82, 2.24) is 9.88 Å². The van der Waals surface area contributed by atoms with Crippen LogP contribution in [0, 0.1) is 30.5 Å². The van der Waals surface area contributed by atoms with Crippen LogP contribution in [-0.2, 0) is 20.9 Å². The zero-order valence-corrected chi connectivity index (χ0v) is 18.1. The quantitative estimate of drug-likeness (QED) is 0.777. The average Bonchev–Trinajstić information content (AvgIpc) is 2.66. The summed E-state index contributed by atoms with van der Waals surface area (Å²) in [4.78, 5) is 45.7. The molecule has 32 heavy (non-hydrogen) atoms. The fourth-order valence-corrected chi connectivity index (χ4v) is 5.71. The fourth-order valence-electron chi connectivity index (χ4n) is 5.71. The number of anilines is 1. The van der Waals surface area contributed by atoms with Gasteiger partial charge in [0, 0.05) is 18.2 Å². The second-order valence-electron chi connectivity index (χ2n) is 9.69. The Hall–Kier alpha value is -3.29. The molecule has 0 spiro atoms. The molecule has 2 bridgehead atoms. The number of aryl methyl sites for hydroxylation is 2. The molecule has 7 nitrogen and oxygen atoms in total. The van der Waals surface area contributed by atoms with Gasteiger partial charge in [0.05, 0.1) is 5.41 Å². The van der Waals surface area contributed by atoms with Gasteiger partial charge in [-0.1, -0.05) is 29.8 Å². The van der Waals surface area contributed by atoms with Gasteiger partial charge in [-0.05, 0) is 50.3 Å². The van der Waals surface area contributed by atoms with Crippen LogP contribution < -0.4 is 10.6 Å². The standard InChI is InChI=1S/C24H25FN4O3/c1-14-3-5-16(6-4-14)9-28-18(30)10-29(20-17(25)7-15(2)8-27-20)21(31)19(28)23-11-24(12-23,13-23)22(26)32/h3-8,19H,9-13H2,1-2H3,(H2,26,32). The summed E-state index contributed by atoms with van der Waals surface area (Å²) in [5, 5.41) is 0. The van der Waals surface area contributed by atoms with Crippen molar-refractivity contribution in [2.45, 2.75) is 45.7 Å². The van der Waals surface area contributed by atoms with Gasteiger partial charge in [-0.15, -0.1) is 0 Å². The van der Waals surface area contributed by atoms with E-state index >= 15 is 0 Å². The largest absolute Gasteiger partial charge is 0.369 e. The minimum absolute atomic E-state index is 0.134. The Morgan fingerprint density at radius 1 is 1.16 bits per heavy atom. The summed E-state index contributed by atoms with van der Waals surface area (Å²) in [5.74, 6) is -1.75. The molecule has 4 fully saturated rings. The zero-order chi connectivity index (χ0) is 22.8. The molecule has 8 heteroatoms. The molecule has 2 heterocycles. The summed E-state index contributed by atoms with van der Waals surface area (Å²) < 4.78 is 14.7. The van der Waals surface area contributed by atoms with Gasteiger partial charge in [-0.25, -0.2) is 9.37 Å². The Morgan fingerprint density at radius 2 is 1.81 bits per heavy atom. The van der Waals surface area contributed by atoms with E-state index in [1.807, 2.05) is 31.2 Å². The summed E-state index contributed by atoms with van der Waals surface area (Å²) in [7, 11) is 0. The second kappa shape index (κ2) is 6.85. The minimum Gasteiger partial charge on any atom is -0.369 e. The van der Waals surface area contributed by atoms with Crippen molar-refractivity contribution in [1.29, 1.82) is 0 Å². The number of primary amides is 1. The molecule has 6 rings (SSSR count). The molecule has 2 aromatic rings. The van der Waals surface area contributed by atoms with Crippen molar-refractivity contribution < 1.29 is 18.8 Å². The Morgan fingerprint density at radius 3 is 2.41 bits per heavy atom. The SMILES string of the molecule is Cc1ccc(CN2C(=O)CN(c3ncc(C)cc3F)C(=O)C2C23CC(C(N)=O)(C2)C3)cc1. The van der Waals surface area contributed by atoms with E-state index in [1.54, 1.807) is 11.8 Å². The number of hydrogen-bond acceptors (Lipinski definition) is 4. The first-order valence-corrected chi connectivity index (χ1v) is 10.7. The van der Waals surface area contributed by atoms with Gasteiger partial charge >= 0.3 is 0 Å². The van der Waals surface area contributed by atoms with E-state index < -0.39 is 22.7 Å². The summed E-state index contributed by atoms with van der Waals surface area (Å²) in [6.45, 7) is 3.69. The average molecular weight is 436 g/mol. The summed E-state index contributed by atoms with van der Waals surface area (Å²) in [6.07, 6.45) is 2.90. The lowest BCUT2D eigenvalue weighted by Crippen LogP contribution is -2.78. The number of amides is 3. The summed E-state index contributed by atoms with van der Waals surface area (Å²) in [6, 6.07) is 8.31. The first-order chi connectivity index (χ1) is 15.1. The molecule has 1 aromatic heterocycles. The number of carbonyl (C=O) groups excluding carboxylic acids is 3. The van der Waals surface area contributed by atoms with E-state index in [0.29, 0.717) is 24.8 Å². The molecule has 1 unspecified atom stereocenters. The second-order valence-corrected chi connectivity index (χ2v) is 9.69. The van der Waals surface area contributed by atoms with Gasteiger partial charge in [0.25, 0.3) is 5.91 Å². The van der Waals surface area contributed by atoms with Crippen LogP contribution >= 0.6 is 0 Å². The van der Waals surface area contributed by atoms with E-state index in [9.17, 15) is 18.8 Å². The van der Waals surface area contributed by atoms with E-state index in [0.717, 1.165) is 16.0 Å². The molecule has 4 aliphatic rings. The zero-order valence-electron chi connectivity index (χ0n) is 18.1. The number of aromatic nitrogens is 1. The highest BCUT2D eigenvalue weighted by molar-refractivity contribution is 6.07. The van der Waals surface area contributed by atoms with Crippen LogP contribution in [0.25, 0.3) is 0 Å². The Balaban J connectivity index is 1.50. The van der Waals surface area contributed by atoms with E-state index in [1.165, 1.54) is 12.3 Å². The molecule has 2 N–H and O–H groups in total. The van der Waals surface area contributed by atoms with Crippen LogP contribution in [0.3, 0.4) is 0 Å². The van der Waals surface area contributed by atoms with Gasteiger partial charge in [0.1, 0.15) is 12.6 Å². The number of benzene rings is 1. The number of nitrogens with zero attached hydrogens (tertiary/aromatic N) is 3. The van der Waals surface area contributed by atoms with E-state index in [-0.39, 0.29) is 36.6 Å². The predicted molar refractivity (Wildman–Crippen MR) is 115 cm³/mol. The van der Waals surface area contributed by atoms with Crippen LogP contribution in [0.15, 0.2) is 36.5 Å². The smallest absolute Gasteiger partial charge is 0.252 e. The third-order valence-electron chi connectivity index (χ3n) is 7.29. The molecular weight excluding hydrogens is 411 g/mol. The highest BCUT2D eigenvalue weighted by atomic mass is 19.1. The topological polar surface area (TPSA) is 96.6 Å². The number of carbonyl (C=O) groups is 3. The van der Waals surface area contributed by atoms with Crippen molar-refractivity contribution in [2.75, 3.05) is 11.4 Å². The number of halogens is 1. The number of piperazine rings is 1. The molecule has 0 radical (unpaired) electrons. The summed E-state index contributed by atoms with van der Waals surface area (Å²) in [5.41, 5.74) is 7.12. The fraction of sp³-hybridized carbons (Fsp3) is 0.417. The molecule has 3 aliphatic carbocycles. The number of rotatable bonds is 5. The van der Waals surface area contributed by atoms with Crippen LogP contribution in [0.4, 0.5) is 10.2 Å². The molecule has 3 amide bonds. The van der Waals surface area contributed by atoms with E-state index in [4.69, 9.17) is 5.73 Å². The van der Waals surface area contributed by atoms with Crippen LogP contribution in [0.1, 0.15) is 36.0 Å². The van der Waals surface area contributed by atoms with E-state index in [2.05, 4.69) is 4.98 Å². The van der Waals surface area contributed by atoms with Crippen molar-refractivity contribution >= 4 is 23.5 Å². The third-order valence-corrected chi connectivity index (χ3v) is 7.29. The Bertz CT molecular complexity index is 1130. The van der Waals surface area contributed by atoms with Crippen molar-refractivity contribution in [2.24, 2.45) is 16.6 Å². The molecule has 1 aliphatic heterocycles. The van der Waals surface area contributed by atoms with Crippen LogP contribution in [-0.4, -0.2) is 40.2 Å². The van der Waals surface area contributed by atoms with Gasteiger partial charge in [0.2, 0.25) is 11.8 Å². The lowest BCUT2D eigenvalue weighted by molar-refractivity contribution is -0.231. The molecule has 1 atom stereocenters. The molecule has 3 saturated carbocycles. The first-order valence-electron chi connectivity index (χ1n) is 10.7. The van der Waals surface area contributed by atoms with Gasteiger partial charge in [-0.2, -0.15) is 0 Å². The normalized spacial score (nSPS) is 28.9. The molecular formula is C24H25FN4O3.